The van der Waals surface area contributed by atoms with Crippen molar-refractivity contribution >= 4 is 11.6 Å². The van der Waals surface area contributed by atoms with Gasteiger partial charge in [0.1, 0.15) is 11.4 Å². The lowest BCUT2D eigenvalue weighted by atomic mass is 10.2. The molecule has 2 rings (SSSR count). The van der Waals surface area contributed by atoms with Gasteiger partial charge < -0.3 is 14.4 Å². The molecule has 1 heterocycles. The highest BCUT2D eigenvalue weighted by molar-refractivity contribution is 5.97. The predicted molar refractivity (Wildman–Crippen MR) is 51.9 cm³/mol. The first-order chi connectivity index (χ1) is 7.13. The van der Waals surface area contributed by atoms with Crippen LogP contribution in [0.1, 0.15) is 0 Å². The van der Waals surface area contributed by atoms with Crippen molar-refractivity contribution in [1.82, 2.24) is 0 Å². The van der Waals surface area contributed by atoms with E-state index in [1.807, 2.05) is 0 Å². The molecular weight excluding hydrogens is 201 g/mol. The van der Waals surface area contributed by atoms with Crippen LogP contribution in [-0.4, -0.2) is 26.7 Å². The van der Waals surface area contributed by atoms with E-state index in [0.29, 0.717) is 11.5 Å². The molecule has 0 aromatic heterocycles. The van der Waals surface area contributed by atoms with Crippen LogP contribution in [-0.2, 0) is 4.79 Å². The maximum Gasteiger partial charge on any atom is 0.264 e. The molecule has 0 radical (unpaired) electrons. The molecular formula is C10H10FNO3. The van der Waals surface area contributed by atoms with Crippen LogP contribution in [0.25, 0.3) is 0 Å². The Balaban J connectivity index is 2.55. The molecule has 0 aliphatic carbocycles. The molecule has 15 heavy (non-hydrogen) atoms. The van der Waals surface area contributed by atoms with E-state index in [-0.39, 0.29) is 18.2 Å². The highest BCUT2D eigenvalue weighted by Crippen LogP contribution is 2.37. The quantitative estimate of drug-likeness (QED) is 0.700. The van der Waals surface area contributed by atoms with Gasteiger partial charge in [0.05, 0.1) is 7.11 Å². The normalized spacial score (nSPS) is 14.6. The van der Waals surface area contributed by atoms with E-state index in [4.69, 9.17) is 9.47 Å². The van der Waals surface area contributed by atoms with Gasteiger partial charge in [-0.25, -0.2) is 4.39 Å². The smallest absolute Gasteiger partial charge is 0.264 e. The van der Waals surface area contributed by atoms with Crippen molar-refractivity contribution < 1.29 is 18.7 Å². The van der Waals surface area contributed by atoms with Crippen molar-refractivity contribution in [3.63, 3.8) is 0 Å². The fraction of sp³-hybridized carbons (Fsp3) is 0.300. The number of hydrogen-bond donors (Lipinski definition) is 0. The van der Waals surface area contributed by atoms with Crippen molar-refractivity contribution in [2.75, 3.05) is 25.7 Å². The Hall–Kier alpha value is -1.78. The largest absolute Gasteiger partial charge is 0.497 e. The predicted octanol–water partition coefficient (Wildman–Crippen LogP) is 1.19. The zero-order valence-corrected chi connectivity index (χ0v) is 8.41. The molecule has 1 aromatic rings. The van der Waals surface area contributed by atoms with Crippen LogP contribution < -0.4 is 14.4 Å². The number of rotatable bonds is 1. The minimum Gasteiger partial charge on any atom is -0.497 e. The van der Waals surface area contributed by atoms with Gasteiger partial charge in [-0.2, -0.15) is 0 Å². The average Bonchev–Trinajstić information content (AvgIpc) is 2.23. The third-order valence-corrected chi connectivity index (χ3v) is 2.30. The van der Waals surface area contributed by atoms with Crippen molar-refractivity contribution in [3.05, 3.63) is 17.9 Å². The topological polar surface area (TPSA) is 38.8 Å². The zero-order valence-electron chi connectivity index (χ0n) is 8.41. The Morgan fingerprint density at radius 3 is 2.93 bits per heavy atom. The Morgan fingerprint density at radius 2 is 2.27 bits per heavy atom. The second kappa shape index (κ2) is 3.42. The zero-order chi connectivity index (χ0) is 11.0. The van der Waals surface area contributed by atoms with Crippen LogP contribution in [0.15, 0.2) is 12.1 Å². The summed E-state index contributed by atoms with van der Waals surface area (Å²) in [6.45, 7) is -0.0733. The van der Waals surface area contributed by atoms with Crippen molar-refractivity contribution in [3.8, 4) is 11.5 Å². The molecule has 0 bridgehead atoms. The SMILES string of the molecule is COc1cc(F)c2c(c1)OCC(=O)N2C. The van der Waals surface area contributed by atoms with Crippen LogP contribution in [0.4, 0.5) is 10.1 Å². The standard InChI is InChI=1S/C10H10FNO3/c1-12-9(13)5-15-8-4-6(14-2)3-7(11)10(8)12/h3-4H,5H2,1-2H3. The minimum atomic E-state index is -0.528. The Labute approximate surface area is 86.2 Å². The van der Waals surface area contributed by atoms with E-state index >= 15 is 0 Å². The first-order valence-corrected chi connectivity index (χ1v) is 4.40. The number of likely N-dealkylation sites (N-methyl/N-ethyl adjacent to an activating group) is 1. The van der Waals surface area contributed by atoms with E-state index in [9.17, 15) is 9.18 Å². The maximum atomic E-state index is 13.6. The first kappa shape index (κ1) is 9.76. The molecule has 0 saturated carbocycles. The lowest BCUT2D eigenvalue weighted by Gasteiger charge is -2.26. The van der Waals surface area contributed by atoms with E-state index in [1.165, 1.54) is 25.1 Å². The molecule has 0 saturated heterocycles. The average molecular weight is 211 g/mol. The molecule has 0 atom stereocenters. The second-order valence-corrected chi connectivity index (χ2v) is 3.20. The Kier molecular flexibility index (Phi) is 2.22. The van der Waals surface area contributed by atoms with Gasteiger partial charge in [0, 0.05) is 19.2 Å². The van der Waals surface area contributed by atoms with Gasteiger partial charge in [-0.15, -0.1) is 0 Å². The number of carbonyl (C=O) groups is 1. The summed E-state index contributed by atoms with van der Waals surface area (Å²) in [5, 5.41) is 0. The molecule has 1 amide bonds. The summed E-state index contributed by atoms with van der Waals surface area (Å²) in [7, 11) is 2.96. The van der Waals surface area contributed by atoms with Gasteiger partial charge in [-0.3, -0.25) is 4.79 Å². The number of carbonyl (C=O) groups excluding carboxylic acids is 1. The summed E-state index contributed by atoms with van der Waals surface area (Å²) in [5.74, 6) is -0.102. The number of ether oxygens (including phenoxy) is 2. The highest BCUT2D eigenvalue weighted by Gasteiger charge is 2.26. The monoisotopic (exact) mass is 211 g/mol. The van der Waals surface area contributed by atoms with Gasteiger partial charge in [0.25, 0.3) is 5.91 Å². The molecule has 4 nitrogen and oxygen atoms in total. The molecule has 0 spiro atoms. The van der Waals surface area contributed by atoms with Crippen LogP contribution in [0.5, 0.6) is 11.5 Å². The fourth-order valence-electron chi connectivity index (χ4n) is 1.46. The number of halogens is 1. The number of benzene rings is 1. The van der Waals surface area contributed by atoms with Gasteiger partial charge in [0.15, 0.2) is 18.2 Å². The maximum absolute atomic E-state index is 13.6. The van der Waals surface area contributed by atoms with Gasteiger partial charge >= 0.3 is 0 Å². The van der Waals surface area contributed by atoms with Crippen LogP contribution >= 0.6 is 0 Å². The molecule has 5 heteroatoms. The number of fused-ring (bicyclic) bond motifs is 1. The number of methoxy groups -OCH3 is 1. The molecule has 1 aliphatic rings. The third kappa shape index (κ3) is 1.49. The number of anilines is 1. The van der Waals surface area contributed by atoms with Crippen molar-refractivity contribution in [1.29, 1.82) is 0 Å². The van der Waals surface area contributed by atoms with E-state index in [1.54, 1.807) is 6.07 Å². The Morgan fingerprint density at radius 1 is 1.53 bits per heavy atom. The summed E-state index contributed by atoms with van der Waals surface area (Å²) in [6, 6.07) is 2.78. The van der Waals surface area contributed by atoms with E-state index in [0.717, 1.165) is 0 Å². The Bertz CT molecular complexity index is 419. The van der Waals surface area contributed by atoms with E-state index < -0.39 is 5.82 Å². The van der Waals surface area contributed by atoms with Gasteiger partial charge in [-0.1, -0.05) is 0 Å². The summed E-state index contributed by atoms with van der Waals surface area (Å²) >= 11 is 0. The summed E-state index contributed by atoms with van der Waals surface area (Å²) in [4.78, 5) is 12.5. The van der Waals surface area contributed by atoms with Crippen molar-refractivity contribution in [2.24, 2.45) is 0 Å². The summed E-state index contributed by atoms with van der Waals surface area (Å²) in [5.41, 5.74) is 0.159. The highest BCUT2D eigenvalue weighted by atomic mass is 19.1. The van der Waals surface area contributed by atoms with Gasteiger partial charge in [0.2, 0.25) is 0 Å². The molecule has 1 aromatic carbocycles. The number of nitrogens with zero attached hydrogens (tertiary/aromatic N) is 1. The van der Waals surface area contributed by atoms with Crippen LogP contribution in [0.3, 0.4) is 0 Å². The summed E-state index contributed by atoms with van der Waals surface area (Å²) < 4.78 is 23.6. The fourth-order valence-corrected chi connectivity index (χ4v) is 1.46. The second-order valence-electron chi connectivity index (χ2n) is 3.20. The third-order valence-electron chi connectivity index (χ3n) is 2.30. The van der Waals surface area contributed by atoms with Crippen molar-refractivity contribution in [2.45, 2.75) is 0 Å². The molecule has 0 fully saturated rings. The molecule has 80 valence electrons. The molecule has 0 unspecified atom stereocenters. The number of hydrogen-bond acceptors (Lipinski definition) is 3. The number of amides is 1. The summed E-state index contributed by atoms with van der Waals surface area (Å²) in [6.07, 6.45) is 0. The minimum absolute atomic E-state index is 0.0733. The van der Waals surface area contributed by atoms with Gasteiger partial charge in [-0.05, 0) is 0 Å². The lowest BCUT2D eigenvalue weighted by Crippen LogP contribution is -2.36. The van der Waals surface area contributed by atoms with Crippen LogP contribution in [0, 0.1) is 5.82 Å². The first-order valence-electron chi connectivity index (χ1n) is 4.40. The lowest BCUT2D eigenvalue weighted by molar-refractivity contribution is -0.121. The van der Waals surface area contributed by atoms with Crippen LogP contribution in [0.2, 0.25) is 0 Å². The molecule has 0 N–H and O–H groups in total. The van der Waals surface area contributed by atoms with E-state index in [2.05, 4.69) is 0 Å². The molecule has 1 aliphatic heterocycles.